The highest BCUT2D eigenvalue weighted by molar-refractivity contribution is 7.12. The number of furan rings is 1. The molecule has 94 valence electrons. The van der Waals surface area contributed by atoms with Gasteiger partial charge in [-0.3, -0.25) is 0 Å². The van der Waals surface area contributed by atoms with Crippen LogP contribution in [0.25, 0.3) is 22.2 Å². The van der Waals surface area contributed by atoms with Crippen LogP contribution in [0.15, 0.2) is 34.9 Å². The van der Waals surface area contributed by atoms with E-state index in [1.807, 2.05) is 24.3 Å². The van der Waals surface area contributed by atoms with Crippen molar-refractivity contribution < 1.29 is 4.42 Å². The summed E-state index contributed by atoms with van der Waals surface area (Å²) in [6, 6.07) is 10.1. The number of nitriles is 1. The predicted octanol–water partition coefficient (Wildman–Crippen LogP) is 4.32. The molecule has 4 heteroatoms. The molecule has 3 nitrogen and oxygen atoms in total. The van der Waals surface area contributed by atoms with Crippen molar-refractivity contribution in [2.24, 2.45) is 0 Å². The number of fused-ring (bicyclic) bond motifs is 1. The third-order valence-electron chi connectivity index (χ3n) is 3.03. The molecule has 0 atom stereocenters. The Balaban J connectivity index is 2.07. The first-order chi connectivity index (χ1) is 9.29. The van der Waals surface area contributed by atoms with Gasteiger partial charge in [-0.15, -0.1) is 11.3 Å². The van der Waals surface area contributed by atoms with Crippen molar-refractivity contribution in [1.29, 1.82) is 5.26 Å². The zero-order valence-corrected chi connectivity index (χ0v) is 11.3. The average Bonchev–Trinajstić information content (AvgIpc) is 2.99. The predicted molar refractivity (Wildman–Crippen MR) is 76.0 cm³/mol. The monoisotopic (exact) mass is 268 g/mol. The van der Waals surface area contributed by atoms with Gasteiger partial charge in [0.05, 0.1) is 16.8 Å². The van der Waals surface area contributed by atoms with Crippen LogP contribution in [-0.4, -0.2) is 4.98 Å². The van der Waals surface area contributed by atoms with Crippen LogP contribution in [0.5, 0.6) is 0 Å². The largest absolute Gasteiger partial charge is 0.464 e. The Morgan fingerprint density at radius 2 is 2.21 bits per heavy atom. The van der Waals surface area contributed by atoms with Gasteiger partial charge >= 0.3 is 0 Å². The highest BCUT2D eigenvalue weighted by atomic mass is 32.1. The van der Waals surface area contributed by atoms with Gasteiger partial charge < -0.3 is 4.42 Å². The maximum atomic E-state index is 8.64. The molecule has 0 aliphatic carbocycles. The summed E-state index contributed by atoms with van der Waals surface area (Å²) in [4.78, 5) is 5.81. The van der Waals surface area contributed by atoms with Gasteiger partial charge in [0.15, 0.2) is 0 Å². The van der Waals surface area contributed by atoms with E-state index in [0.717, 1.165) is 33.7 Å². The zero-order valence-electron chi connectivity index (χ0n) is 10.5. The summed E-state index contributed by atoms with van der Waals surface area (Å²) in [6.07, 6.45) is 3.00. The molecule has 0 bridgehead atoms. The average molecular weight is 268 g/mol. The van der Waals surface area contributed by atoms with Crippen molar-refractivity contribution in [2.75, 3.05) is 0 Å². The molecule has 0 aliphatic heterocycles. The number of benzene rings is 1. The van der Waals surface area contributed by atoms with E-state index in [-0.39, 0.29) is 0 Å². The highest BCUT2D eigenvalue weighted by Crippen LogP contribution is 2.34. The van der Waals surface area contributed by atoms with Gasteiger partial charge in [-0.2, -0.15) is 5.26 Å². The van der Waals surface area contributed by atoms with Crippen LogP contribution in [0, 0.1) is 18.3 Å². The standard InChI is InChI=1S/C15H12N2OS/c1-10-15(17-14(19-10)7-4-8-16)12-9-18-13-6-3-2-5-11(12)13/h2-3,5-6,9H,4,7H2,1H3. The first-order valence-corrected chi connectivity index (χ1v) is 6.91. The van der Waals surface area contributed by atoms with Gasteiger partial charge in [-0.25, -0.2) is 4.98 Å². The van der Waals surface area contributed by atoms with E-state index < -0.39 is 0 Å². The normalized spacial score (nSPS) is 10.7. The molecule has 2 heterocycles. The number of aromatic nitrogens is 1. The fourth-order valence-corrected chi connectivity index (χ4v) is 3.08. The molecule has 0 spiro atoms. The fraction of sp³-hybridized carbons (Fsp3) is 0.200. The molecule has 3 aromatic rings. The molecule has 0 fully saturated rings. The van der Waals surface area contributed by atoms with E-state index in [9.17, 15) is 0 Å². The van der Waals surface area contributed by atoms with Crippen molar-refractivity contribution in [3.63, 3.8) is 0 Å². The lowest BCUT2D eigenvalue weighted by Gasteiger charge is -1.94. The second-order valence-corrected chi connectivity index (χ2v) is 5.60. The van der Waals surface area contributed by atoms with Gasteiger partial charge in [0.2, 0.25) is 0 Å². The molecule has 1 aromatic carbocycles. The van der Waals surface area contributed by atoms with Crippen molar-refractivity contribution in [2.45, 2.75) is 19.8 Å². The van der Waals surface area contributed by atoms with Crippen LogP contribution in [0.4, 0.5) is 0 Å². The SMILES string of the molecule is Cc1sc(CCC#N)nc1-c1coc2ccccc12. The Bertz CT molecular complexity index is 764. The van der Waals surface area contributed by atoms with Crippen LogP contribution in [0.3, 0.4) is 0 Å². The second-order valence-electron chi connectivity index (χ2n) is 4.32. The maximum absolute atomic E-state index is 8.64. The summed E-state index contributed by atoms with van der Waals surface area (Å²) >= 11 is 1.66. The molecule has 0 unspecified atom stereocenters. The smallest absolute Gasteiger partial charge is 0.134 e. The van der Waals surface area contributed by atoms with Crippen LogP contribution < -0.4 is 0 Å². The molecular formula is C15H12N2OS. The molecule has 0 radical (unpaired) electrons. The van der Waals surface area contributed by atoms with Gasteiger partial charge in [0, 0.05) is 28.7 Å². The van der Waals surface area contributed by atoms with E-state index in [0.29, 0.717) is 6.42 Å². The lowest BCUT2D eigenvalue weighted by molar-refractivity contribution is 0.617. The van der Waals surface area contributed by atoms with E-state index in [1.54, 1.807) is 17.6 Å². The van der Waals surface area contributed by atoms with Crippen molar-refractivity contribution in [3.8, 4) is 17.3 Å². The lowest BCUT2D eigenvalue weighted by atomic mass is 10.1. The number of aryl methyl sites for hydroxylation is 2. The third kappa shape index (κ3) is 2.13. The number of para-hydroxylation sites is 1. The van der Waals surface area contributed by atoms with Crippen LogP contribution in [-0.2, 0) is 6.42 Å². The van der Waals surface area contributed by atoms with Crippen LogP contribution in [0.1, 0.15) is 16.3 Å². The molecule has 2 aromatic heterocycles. The Morgan fingerprint density at radius 1 is 1.37 bits per heavy atom. The Labute approximate surface area is 115 Å². The topological polar surface area (TPSA) is 49.8 Å². The minimum absolute atomic E-state index is 0.512. The van der Waals surface area contributed by atoms with Crippen LogP contribution >= 0.6 is 11.3 Å². The minimum atomic E-state index is 0.512. The highest BCUT2D eigenvalue weighted by Gasteiger charge is 2.14. The second kappa shape index (κ2) is 4.87. The van der Waals surface area contributed by atoms with Gasteiger partial charge in [0.25, 0.3) is 0 Å². The van der Waals surface area contributed by atoms with Crippen LogP contribution in [0.2, 0.25) is 0 Å². The number of rotatable bonds is 3. The Kier molecular flexibility index (Phi) is 3.06. The Morgan fingerprint density at radius 3 is 3.05 bits per heavy atom. The number of hydrogen-bond acceptors (Lipinski definition) is 4. The van der Waals surface area contributed by atoms with E-state index in [1.165, 1.54) is 4.88 Å². The van der Waals surface area contributed by atoms with E-state index in [4.69, 9.17) is 9.68 Å². The molecular weight excluding hydrogens is 256 g/mol. The summed E-state index contributed by atoms with van der Waals surface area (Å²) in [6.45, 7) is 2.06. The lowest BCUT2D eigenvalue weighted by Crippen LogP contribution is -1.83. The van der Waals surface area contributed by atoms with Crippen molar-refractivity contribution in [3.05, 3.63) is 40.4 Å². The zero-order chi connectivity index (χ0) is 13.2. The van der Waals surface area contributed by atoms with Crippen molar-refractivity contribution >= 4 is 22.3 Å². The van der Waals surface area contributed by atoms with E-state index in [2.05, 4.69) is 18.0 Å². The summed E-state index contributed by atoms with van der Waals surface area (Å²) in [5.74, 6) is 0. The quantitative estimate of drug-likeness (QED) is 0.710. The van der Waals surface area contributed by atoms with Crippen molar-refractivity contribution in [1.82, 2.24) is 4.98 Å². The molecule has 0 amide bonds. The minimum Gasteiger partial charge on any atom is -0.464 e. The van der Waals surface area contributed by atoms with Gasteiger partial charge in [-0.1, -0.05) is 18.2 Å². The van der Waals surface area contributed by atoms with Gasteiger partial charge in [-0.05, 0) is 13.0 Å². The third-order valence-corrected chi connectivity index (χ3v) is 4.06. The fourth-order valence-electron chi connectivity index (χ4n) is 2.13. The van der Waals surface area contributed by atoms with Gasteiger partial charge in [0.1, 0.15) is 11.8 Å². The molecule has 3 rings (SSSR count). The molecule has 0 saturated heterocycles. The first-order valence-electron chi connectivity index (χ1n) is 6.09. The summed E-state index contributed by atoms with van der Waals surface area (Å²) in [7, 11) is 0. The van der Waals surface area contributed by atoms with E-state index >= 15 is 0 Å². The summed E-state index contributed by atoms with van der Waals surface area (Å²) < 4.78 is 5.56. The Hall–Kier alpha value is -2.12. The molecule has 0 aliphatic rings. The molecule has 19 heavy (non-hydrogen) atoms. The number of nitrogens with zero attached hydrogens (tertiary/aromatic N) is 2. The molecule has 0 saturated carbocycles. The summed E-state index contributed by atoms with van der Waals surface area (Å²) in [5, 5.41) is 10.7. The molecule has 0 N–H and O–H groups in total. The number of thiazole rings is 1. The first kappa shape index (κ1) is 11.9. The maximum Gasteiger partial charge on any atom is 0.134 e. The summed E-state index contributed by atoms with van der Waals surface area (Å²) in [5.41, 5.74) is 2.89. The number of hydrogen-bond donors (Lipinski definition) is 0.